The number of aliphatic hydroxyl groups excluding tert-OH is 1. The summed E-state index contributed by atoms with van der Waals surface area (Å²) in [5.74, 6) is 0.788. The standard InChI is InChI=1S/C17H34N2O/c1-2-11-18-17-10-5-3-4-8-15(17)13-19-12-7-6-9-16(19)14-20/h15-18,20H,2-14H2,1H3. The fourth-order valence-corrected chi connectivity index (χ4v) is 4.01. The Morgan fingerprint density at radius 2 is 1.85 bits per heavy atom. The Kier molecular flexibility index (Phi) is 7.32. The first-order valence-electron chi connectivity index (χ1n) is 8.93. The van der Waals surface area contributed by atoms with E-state index >= 15 is 0 Å². The summed E-state index contributed by atoms with van der Waals surface area (Å²) in [5.41, 5.74) is 0. The van der Waals surface area contributed by atoms with Crippen LogP contribution in [-0.4, -0.2) is 48.3 Å². The van der Waals surface area contributed by atoms with E-state index in [1.54, 1.807) is 0 Å². The van der Waals surface area contributed by atoms with E-state index in [1.807, 2.05) is 0 Å². The molecule has 0 aromatic rings. The summed E-state index contributed by atoms with van der Waals surface area (Å²) >= 11 is 0. The lowest BCUT2D eigenvalue weighted by Gasteiger charge is -2.39. The number of likely N-dealkylation sites (tertiary alicyclic amines) is 1. The maximum Gasteiger partial charge on any atom is 0.0586 e. The van der Waals surface area contributed by atoms with Crippen LogP contribution < -0.4 is 5.32 Å². The summed E-state index contributed by atoms with van der Waals surface area (Å²) in [6.45, 7) is 6.16. The van der Waals surface area contributed by atoms with E-state index < -0.39 is 0 Å². The Balaban J connectivity index is 1.91. The molecule has 0 bridgehead atoms. The Bertz CT molecular complexity index is 259. The van der Waals surface area contributed by atoms with Crippen LogP contribution in [0.3, 0.4) is 0 Å². The third kappa shape index (κ3) is 4.71. The van der Waals surface area contributed by atoms with Crippen molar-refractivity contribution in [2.24, 2.45) is 5.92 Å². The molecule has 118 valence electrons. The van der Waals surface area contributed by atoms with Crippen molar-refractivity contribution in [3.05, 3.63) is 0 Å². The molecule has 2 fully saturated rings. The minimum absolute atomic E-state index is 0.347. The average molecular weight is 282 g/mol. The summed E-state index contributed by atoms with van der Waals surface area (Å²) in [5, 5.41) is 13.4. The zero-order valence-electron chi connectivity index (χ0n) is 13.3. The Morgan fingerprint density at radius 1 is 1.05 bits per heavy atom. The molecule has 1 saturated carbocycles. The summed E-state index contributed by atoms with van der Waals surface area (Å²) < 4.78 is 0. The molecule has 0 spiro atoms. The lowest BCUT2D eigenvalue weighted by Crippen LogP contribution is -2.48. The Labute approximate surface area is 125 Å². The van der Waals surface area contributed by atoms with Crippen molar-refractivity contribution in [1.82, 2.24) is 10.2 Å². The molecule has 0 aromatic carbocycles. The van der Waals surface area contributed by atoms with E-state index in [0.717, 1.165) is 12.5 Å². The highest BCUT2D eigenvalue weighted by Crippen LogP contribution is 2.27. The van der Waals surface area contributed by atoms with Crippen molar-refractivity contribution < 1.29 is 5.11 Å². The topological polar surface area (TPSA) is 35.5 Å². The fourth-order valence-electron chi connectivity index (χ4n) is 4.01. The zero-order valence-corrected chi connectivity index (χ0v) is 13.3. The highest BCUT2D eigenvalue weighted by atomic mass is 16.3. The summed E-state index contributed by atoms with van der Waals surface area (Å²) in [6, 6.07) is 1.14. The predicted octanol–water partition coefficient (Wildman–Crippen LogP) is 2.78. The maximum absolute atomic E-state index is 9.60. The van der Waals surface area contributed by atoms with Gasteiger partial charge in [-0.25, -0.2) is 0 Å². The van der Waals surface area contributed by atoms with Crippen molar-refractivity contribution in [3.8, 4) is 0 Å². The van der Waals surface area contributed by atoms with Gasteiger partial charge in [0.1, 0.15) is 0 Å². The van der Waals surface area contributed by atoms with Crippen LogP contribution in [0.15, 0.2) is 0 Å². The minimum atomic E-state index is 0.347. The molecular formula is C17H34N2O. The summed E-state index contributed by atoms with van der Waals surface area (Å²) in [4.78, 5) is 2.58. The van der Waals surface area contributed by atoms with Crippen molar-refractivity contribution in [3.63, 3.8) is 0 Å². The number of nitrogens with one attached hydrogen (secondary N) is 1. The number of hydrogen-bond acceptors (Lipinski definition) is 3. The molecule has 1 aliphatic carbocycles. The number of piperidine rings is 1. The van der Waals surface area contributed by atoms with Crippen LogP contribution in [-0.2, 0) is 0 Å². The second-order valence-electron chi connectivity index (χ2n) is 6.79. The van der Waals surface area contributed by atoms with Gasteiger partial charge in [0, 0.05) is 18.6 Å². The van der Waals surface area contributed by atoms with Crippen molar-refractivity contribution >= 4 is 0 Å². The van der Waals surface area contributed by atoms with Crippen LogP contribution in [0.2, 0.25) is 0 Å². The lowest BCUT2D eigenvalue weighted by molar-refractivity contribution is 0.0679. The largest absolute Gasteiger partial charge is 0.395 e. The normalized spacial score (nSPS) is 33.0. The van der Waals surface area contributed by atoms with E-state index in [2.05, 4.69) is 17.1 Å². The van der Waals surface area contributed by atoms with Crippen molar-refractivity contribution in [2.45, 2.75) is 76.8 Å². The third-order valence-electron chi connectivity index (χ3n) is 5.24. The van der Waals surface area contributed by atoms with E-state index in [9.17, 15) is 5.11 Å². The van der Waals surface area contributed by atoms with Gasteiger partial charge in [0.2, 0.25) is 0 Å². The van der Waals surface area contributed by atoms with Crippen molar-refractivity contribution in [1.29, 1.82) is 0 Å². The van der Waals surface area contributed by atoms with Gasteiger partial charge < -0.3 is 10.4 Å². The molecule has 1 heterocycles. The van der Waals surface area contributed by atoms with E-state index in [-0.39, 0.29) is 0 Å². The van der Waals surface area contributed by atoms with Gasteiger partial charge in [-0.1, -0.05) is 32.6 Å². The maximum atomic E-state index is 9.60. The summed E-state index contributed by atoms with van der Waals surface area (Å²) in [6.07, 6.45) is 11.9. The van der Waals surface area contributed by atoms with E-state index in [1.165, 1.54) is 70.9 Å². The van der Waals surface area contributed by atoms with Gasteiger partial charge >= 0.3 is 0 Å². The van der Waals surface area contributed by atoms with Gasteiger partial charge in [-0.2, -0.15) is 0 Å². The van der Waals surface area contributed by atoms with E-state index in [0.29, 0.717) is 18.7 Å². The van der Waals surface area contributed by atoms with Crippen LogP contribution in [0.1, 0.15) is 64.7 Å². The van der Waals surface area contributed by atoms with Crippen molar-refractivity contribution in [2.75, 3.05) is 26.2 Å². The molecule has 20 heavy (non-hydrogen) atoms. The first-order chi connectivity index (χ1) is 9.85. The number of aliphatic hydroxyl groups is 1. The summed E-state index contributed by atoms with van der Waals surface area (Å²) in [7, 11) is 0. The minimum Gasteiger partial charge on any atom is -0.395 e. The quantitative estimate of drug-likeness (QED) is 0.735. The van der Waals surface area contributed by atoms with Crippen LogP contribution >= 0.6 is 0 Å². The number of hydrogen-bond donors (Lipinski definition) is 2. The molecule has 2 aliphatic rings. The number of nitrogens with zero attached hydrogens (tertiary/aromatic N) is 1. The predicted molar refractivity (Wildman–Crippen MR) is 85.0 cm³/mol. The monoisotopic (exact) mass is 282 g/mol. The van der Waals surface area contributed by atoms with Gasteiger partial charge in [0.25, 0.3) is 0 Å². The molecule has 1 saturated heterocycles. The molecule has 3 atom stereocenters. The highest BCUT2D eigenvalue weighted by molar-refractivity contribution is 4.85. The molecule has 3 heteroatoms. The van der Waals surface area contributed by atoms with Crippen LogP contribution in [0.4, 0.5) is 0 Å². The highest BCUT2D eigenvalue weighted by Gasteiger charge is 2.29. The molecule has 2 N–H and O–H groups in total. The molecule has 1 aliphatic heterocycles. The van der Waals surface area contributed by atoms with Gasteiger partial charge in [-0.05, 0) is 51.1 Å². The van der Waals surface area contributed by atoms with Gasteiger partial charge in [0.15, 0.2) is 0 Å². The first-order valence-corrected chi connectivity index (χ1v) is 8.93. The molecule has 3 unspecified atom stereocenters. The SMILES string of the molecule is CCCNC1CCCCCC1CN1CCCCC1CO. The molecular weight excluding hydrogens is 248 g/mol. The van der Waals surface area contributed by atoms with Crippen LogP contribution in [0.25, 0.3) is 0 Å². The van der Waals surface area contributed by atoms with E-state index in [4.69, 9.17) is 0 Å². The second-order valence-corrected chi connectivity index (χ2v) is 6.79. The van der Waals surface area contributed by atoms with Gasteiger partial charge in [0.05, 0.1) is 6.61 Å². The Morgan fingerprint density at radius 3 is 2.65 bits per heavy atom. The average Bonchev–Trinajstić information content (AvgIpc) is 2.71. The smallest absolute Gasteiger partial charge is 0.0586 e. The fraction of sp³-hybridized carbons (Fsp3) is 1.00. The van der Waals surface area contributed by atoms with Gasteiger partial charge in [-0.15, -0.1) is 0 Å². The van der Waals surface area contributed by atoms with Crippen LogP contribution in [0.5, 0.6) is 0 Å². The molecule has 0 radical (unpaired) electrons. The van der Waals surface area contributed by atoms with Gasteiger partial charge in [-0.3, -0.25) is 4.90 Å². The lowest BCUT2D eigenvalue weighted by atomic mass is 9.91. The molecule has 3 nitrogen and oxygen atoms in total. The second kappa shape index (κ2) is 9.01. The zero-order chi connectivity index (χ0) is 14.2. The number of rotatable bonds is 6. The molecule has 0 aromatic heterocycles. The molecule has 2 rings (SSSR count). The first kappa shape index (κ1) is 16.3. The molecule has 0 amide bonds. The van der Waals surface area contributed by atoms with Crippen LogP contribution in [0, 0.1) is 5.92 Å². The third-order valence-corrected chi connectivity index (χ3v) is 5.24. The Hall–Kier alpha value is -0.120.